The molecule has 0 amide bonds. The molecule has 0 unspecified atom stereocenters. The van der Waals surface area contributed by atoms with Gasteiger partial charge in [0.05, 0.1) is 29.9 Å². The molecule has 2 atom stereocenters. The Kier molecular flexibility index (Phi) is 13.4. The number of hydrogen-bond donors (Lipinski definition) is 4. The molecule has 1 aliphatic rings. The summed E-state index contributed by atoms with van der Waals surface area (Å²) in [5.41, 5.74) is 5.36. The number of nitrogens with zero attached hydrogens (tertiary/aromatic N) is 4. The van der Waals surface area contributed by atoms with Crippen LogP contribution in [0.25, 0.3) is 11.1 Å². The molecular weight excluding hydrogens is 686 g/mol. The predicted molar refractivity (Wildman–Crippen MR) is 193 cm³/mol. The Labute approximate surface area is 307 Å². The highest BCUT2D eigenvalue weighted by molar-refractivity contribution is 6.32. The molecule has 13 heteroatoms. The Morgan fingerprint density at radius 3 is 2.54 bits per heavy atom. The second-order valence-electron chi connectivity index (χ2n) is 12.4. The van der Waals surface area contributed by atoms with Gasteiger partial charge in [0.25, 0.3) is 0 Å². The number of β-amino-alcohol motifs (C(OH)–C–C–N with tert-alkyl or cyclic N) is 1. The van der Waals surface area contributed by atoms with Gasteiger partial charge in [0.15, 0.2) is 0 Å². The molecular formula is C39H40ClN5O7. The fourth-order valence-corrected chi connectivity index (χ4v) is 6.22. The van der Waals surface area contributed by atoms with Crippen LogP contribution in [0.2, 0.25) is 5.02 Å². The topological polar surface area (TPSA) is 181 Å². The molecule has 4 aromatic rings. The van der Waals surface area contributed by atoms with E-state index in [2.05, 4.69) is 21.3 Å². The number of benzene rings is 3. The van der Waals surface area contributed by atoms with Gasteiger partial charge in [0.1, 0.15) is 54.2 Å². The van der Waals surface area contributed by atoms with Crippen LogP contribution in [0.3, 0.4) is 0 Å². The number of pyridine rings is 1. The van der Waals surface area contributed by atoms with E-state index in [9.17, 15) is 30.6 Å². The van der Waals surface area contributed by atoms with Crippen LogP contribution < -0.4 is 19.5 Å². The Balaban J connectivity index is 1.33. The zero-order valence-electron chi connectivity index (χ0n) is 28.7. The molecule has 4 N–H and O–H groups in total. The third-order valence-corrected chi connectivity index (χ3v) is 9.13. The second-order valence-corrected chi connectivity index (χ2v) is 12.8. The number of hydrogen-bond acceptors (Lipinski definition) is 11. The maximum absolute atomic E-state index is 11.5. The van der Waals surface area contributed by atoms with Crippen molar-refractivity contribution in [2.45, 2.75) is 51.7 Å². The molecule has 52 heavy (non-hydrogen) atoms. The van der Waals surface area contributed by atoms with Crippen LogP contribution in [-0.4, -0.2) is 76.2 Å². The SMILES string of the molecule is Cc1c(COc2cc(OCc3cncc(C#N)c3)c(CN[C@@H](CO)C(=O)O)cc2Cl)cccc1-c1cccc(OCCCN2CC[C@@H](O)C2)c1C#N. The zero-order chi connectivity index (χ0) is 37.0. The summed E-state index contributed by atoms with van der Waals surface area (Å²) in [7, 11) is 0. The molecule has 12 nitrogen and oxygen atoms in total. The minimum absolute atomic E-state index is 0.0249. The van der Waals surface area contributed by atoms with E-state index in [4.69, 9.17) is 25.8 Å². The smallest absolute Gasteiger partial charge is 0.323 e. The van der Waals surface area contributed by atoms with Crippen molar-refractivity contribution in [3.8, 4) is 40.5 Å². The number of aliphatic hydroxyl groups excluding tert-OH is 2. The van der Waals surface area contributed by atoms with E-state index in [-0.39, 0.29) is 30.9 Å². The molecule has 270 valence electrons. The number of aromatic nitrogens is 1. The van der Waals surface area contributed by atoms with Gasteiger partial charge in [-0.25, -0.2) is 0 Å². The van der Waals surface area contributed by atoms with Crippen LogP contribution in [0.5, 0.6) is 17.2 Å². The van der Waals surface area contributed by atoms with E-state index in [0.717, 1.165) is 48.2 Å². The van der Waals surface area contributed by atoms with Crippen LogP contribution in [0, 0.1) is 29.6 Å². The Hall–Kier alpha value is -5.21. The first-order chi connectivity index (χ1) is 25.2. The van der Waals surface area contributed by atoms with Crippen molar-refractivity contribution in [2.75, 3.05) is 32.8 Å². The second kappa shape index (κ2) is 18.3. The molecule has 1 saturated heterocycles. The normalized spacial score (nSPS) is 14.7. The summed E-state index contributed by atoms with van der Waals surface area (Å²) in [6.45, 7) is 4.40. The number of rotatable bonds is 17. The summed E-state index contributed by atoms with van der Waals surface area (Å²) in [4.78, 5) is 17.8. The first-order valence-corrected chi connectivity index (χ1v) is 17.2. The van der Waals surface area contributed by atoms with Gasteiger partial charge in [0.2, 0.25) is 0 Å². The molecule has 0 saturated carbocycles. The maximum atomic E-state index is 11.5. The summed E-state index contributed by atoms with van der Waals surface area (Å²) in [6, 6.07) is 19.4. The summed E-state index contributed by atoms with van der Waals surface area (Å²) < 4.78 is 18.4. The van der Waals surface area contributed by atoms with Gasteiger partial charge in [-0.05, 0) is 54.7 Å². The van der Waals surface area contributed by atoms with Crippen molar-refractivity contribution in [1.29, 1.82) is 10.5 Å². The van der Waals surface area contributed by atoms with E-state index in [1.54, 1.807) is 30.5 Å². The van der Waals surface area contributed by atoms with Crippen molar-refractivity contribution in [3.05, 3.63) is 105 Å². The Morgan fingerprint density at radius 2 is 1.81 bits per heavy atom. The number of carboxylic acid groups (broad SMARTS) is 1. The number of nitrogens with one attached hydrogen (secondary N) is 1. The predicted octanol–water partition coefficient (Wildman–Crippen LogP) is 4.98. The van der Waals surface area contributed by atoms with Crippen molar-refractivity contribution < 1.29 is 34.3 Å². The summed E-state index contributed by atoms with van der Waals surface area (Å²) >= 11 is 6.67. The van der Waals surface area contributed by atoms with Gasteiger partial charge in [-0.3, -0.25) is 15.1 Å². The van der Waals surface area contributed by atoms with Crippen LogP contribution in [-0.2, 0) is 24.6 Å². The molecule has 0 spiro atoms. The number of halogens is 1. The van der Waals surface area contributed by atoms with Gasteiger partial charge in [-0.15, -0.1) is 0 Å². The van der Waals surface area contributed by atoms with E-state index < -0.39 is 18.6 Å². The van der Waals surface area contributed by atoms with Gasteiger partial charge in [0, 0.05) is 61.3 Å². The lowest BCUT2D eigenvalue weighted by Crippen LogP contribution is -2.39. The lowest BCUT2D eigenvalue weighted by molar-refractivity contribution is -0.140. The highest BCUT2D eigenvalue weighted by Gasteiger charge is 2.21. The molecule has 1 aliphatic heterocycles. The minimum Gasteiger partial charge on any atom is -0.492 e. The molecule has 2 heterocycles. The molecule has 5 rings (SSSR count). The number of carboxylic acids is 1. The zero-order valence-corrected chi connectivity index (χ0v) is 29.5. The Bertz CT molecular complexity index is 1960. The van der Waals surface area contributed by atoms with Crippen molar-refractivity contribution >= 4 is 17.6 Å². The van der Waals surface area contributed by atoms with Gasteiger partial charge in [-0.2, -0.15) is 10.5 Å². The minimum atomic E-state index is -1.20. The number of nitriles is 2. The number of ether oxygens (including phenoxy) is 3. The number of likely N-dealkylation sites (tertiary alicyclic amines) is 1. The van der Waals surface area contributed by atoms with E-state index in [0.29, 0.717) is 52.7 Å². The van der Waals surface area contributed by atoms with Crippen LogP contribution in [0.1, 0.15) is 46.2 Å². The van der Waals surface area contributed by atoms with Crippen molar-refractivity contribution in [1.82, 2.24) is 15.2 Å². The van der Waals surface area contributed by atoms with Gasteiger partial charge < -0.3 is 34.4 Å². The molecule has 0 radical (unpaired) electrons. The third kappa shape index (κ3) is 9.76. The highest BCUT2D eigenvalue weighted by atomic mass is 35.5. The standard InChI is InChI=1S/C39H40ClN5O7/c1-25-28(5-2-6-31(25)32-7-3-8-36(33(32)17-42)50-12-4-10-45-11-9-30(47)21-45)24-52-38-15-37(51-23-27-13-26(16-41)18-43-19-27)29(14-34(38)40)20-44-35(22-46)39(48)49/h2-3,5-8,13-15,18-19,30,35,44,46-47H,4,9-12,20-24H2,1H3,(H,48,49)/t30-,35+/m1/s1. The molecule has 1 aromatic heterocycles. The van der Waals surface area contributed by atoms with Crippen LogP contribution >= 0.6 is 11.6 Å². The quantitative estimate of drug-likeness (QED) is 0.107. The lowest BCUT2D eigenvalue weighted by atomic mass is 9.93. The molecule has 0 bridgehead atoms. The third-order valence-electron chi connectivity index (χ3n) is 8.83. The van der Waals surface area contributed by atoms with E-state index >= 15 is 0 Å². The largest absolute Gasteiger partial charge is 0.492 e. The maximum Gasteiger partial charge on any atom is 0.323 e. The highest BCUT2D eigenvalue weighted by Crippen LogP contribution is 2.36. The number of carbonyl (C=O) groups is 1. The van der Waals surface area contributed by atoms with Gasteiger partial charge in [-0.1, -0.05) is 41.9 Å². The van der Waals surface area contributed by atoms with E-state index in [1.165, 1.54) is 6.20 Å². The summed E-state index contributed by atoms with van der Waals surface area (Å²) in [5.74, 6) is -0.0117. The summed E-state index contributed by atoms with van der Waals surface area (Å²) in [5, 5.41) is 51.1. The first kappa shape index (κ1) is 38.0. The lowest BCUT2D eigenvalue weighted by Gasteiger charge is -2.19. The molecule has 1 fully saturated rings. The number of aliphatic carboxylic acids is 1. The Morgan fingerprint density at radius 1 is 1.02 bits per heavy atom. The van der Waals surface area contributed by atoms with Crippen LogP contribution in [0.15, 0.2) is 67.0 Å². The van der Waals surface area contributed by atoms with E-state index in [1.807, 2.05) is 43.3 Å². The van der Waals surface area contributed by atoms with Gasteiger partial charge >= 0.3 is 5.97 Å². The fourth-order valence-electron chi connectivity index (χ4n) is 5.97. The molecule has 3 aromatic carbocycles. The summed E-state index contributed by atoms with van der Waals surface area (Å²) in [6.07, 6.45) is 4.33. The average molecular weight is 726 g/mol. The van der Waals surface area contributed by atoms with Crippen LogP contribution in [0.4, 0.5) is 0 Å². The fraction of sp³-hybridized carbons (Fsp3) is 0.333. The average Bonchev–Trinajstić information content (AvgIpc) is 3.57. The monoisotopic (exact) mass is 725 g/mol. The molecule has 0 aliphatic carbocycles. The number of aliphatic hydroxyl groups is 2. The first-order valence-electron chi connectivity index (χ1n) is 16.8. The van der Waals surface area contributed by atoms with Crippen molar-refractivity contribution in [2.24, 2.45) is 0 Å². The van der Waals surface area contributed by atoms with Crippen molar-refractivity contribution in [3.63, 3.8) is 0 Å².